The van der Waals surface area contributed by atoms with Gasteiger partial charge in [0.05, 0.1) is 0 Å². The molecule has 0 fully saturated rings. The summed E-state index contributed by atoms with van der Waals surface area (Å²) in [5.74, 6) is 5.31. The van der Waals surface area contributed by atoms with Crippen LogP contribution in [0.5, 0.6) is 0 Å². The van der Waals surface area contributed by atoms with Gasteiger partial charge in [0, 0.05) is 13.1 Å². The number of hydrogen-bond acceptors (Lipinski definition) is 2. The van der Waals surface area contributed by atoms with Gasteiger partial charge >= 0.3 is 0 Å². The van der Waals surface area contributed by atoms with E-state index in [-0.39, 0.29) is 0 Å². The summed E-state index contributed by atoms with van der Waals surface area (Å²) in [6.45, 7) is 11.2. The minimum absolute atomic E-state index is 0.941. The Balaban J connectivity index is 0. The standard InChI is InChI=1S/C4H12N2.C3H6/c1-3-6(5)4-2;1-3-2/h3-5H2,1-2H3;3H,1H2,2H3. The van der Waals surface area contributed by atoms with Gasteiger partial charge in [-0.1, -0.05) is 19.9 Å². The molecule has 0 atom stereocenters. The van der Waals surface area contributed by atoms with Gasteiger partial charge in [-0.05, 0) is 6.92 Å². The number of rotatable bonds is 2. The lowest BCUT2D eigenvalue weighted by Gasteiger charge is -2.07. The first-order valence-electron chi connectivity index (χ1n) is 3.29. The monoisotopic (exact) mass is 130 g/mol. The average molecular weight is 130 g/mol. The Morgan fingerprint density at radius 3 is 1.67 bits per heavy atom. The molecule has 0 unspecified atom stereocenters. The molecule has 0 aliphatic rings. The van der Waals surface area contributed by atoms with Crippen LogP contribution in [0.15, 0.2) is 12.7 Å². The molecule has 0 aliphatic heterocycles. The molecule has 56 valence electrons. The van der Waals surface area contributed by atoms with E-state index in [1.54, 1.807) is 11.1 Å². The summed E-state index contributed by atoms with van der Waals surface area (Å²) in [5, 5.41) is 1.75. The number of nitrogens with two attached hydrogens (primary N) is 1. The molecule has 0 amide bonds. The van der Waals surface area contributed by atoms with Crippen LogP contribution in [0, 0.1) is 0 Å². The molecule has 0 saturated heterocycles. The zero-order valence-corrected chi connectivity index (χ0v) is 6.72. The van der Waals surface area contributed by atoms with Crippen molar-refractivity contribution in [2.24, 2.45) is 5.84 Å². The van der Waals surface area contributed by atoms with E-state index in [1.807, 2.05) is 20.8 Å². The van der Waals surface area contributed by atoms with Crippen molar-refractivity contribution < 1.29 is 0 Å². The molecule has 0 spiro atoms. The predicted octanol–water partition coefficient (Wildman–Crippen LogP) is 1.39. The van der Waals surface area contributed by atoms with Gasteiger partial charge in [-0.15, -0.1) is 6.58 Å². The predicted molar refractivity (Wildman–Crippen MR) is 43.0 cm³/mol. The van der Waals surface area contributed by atoms with E-state index < -0.39 is 0 Å². The van der Waals surface area contributed by atoms with Gasteiger partial charge in [0.25, 0.3) is 0 Å². The summed E-state index contributed by atoms with van der Waals surface area (Å²) in [6.07, 6.45) is 1.75. The molecule has 0 heterocycles. The van der Waals surface area contributed by atoms with Crippen molar-refractivity contribution in [2.45, 2.75) is 20.8 Å². The molecule has 0 saturated carbocycles. The van der Waals surface area contributed by atoms with Crippen LogP contribution in [0.25, 0.3) is 0 Å². The summed E-state index contributed by atoms with van der Waals surface area (Å²) in [6, 6.07) is 0. The molecule has 0 radical (unpaired) electrons. The van der Waals surface area contributed by atoms with E-state index in [0.29, 0.717) is 0 Å². The second-order valence-electron chi connectivity index (χ2n) is 1.63. The SMILES string of the molecule is C=CC.CCN(N)CC. The first kappa shape index (κ1) is 11.5. The molecule has 2 nitrogen and oxygen atoms in total. The molecule has 0 aromatic heterocycles. The quantitative estimate of drug-likeness (QED) is 0.348. The third-order valence-corrected chi connectivity index (χ3v) is 0.812. The van der Waals surface area contributed by atoms with Crippen LogP contribution in [0.1, 0.15) is 20.8 Å². The van der Waals surface area contributed by atoms with Crippen LogP contribution in [0.3, 0.4) is 0 Å². The van der Waals surface area contributed by atoms with Crippen LogP contribution >= 0.6 is 0 Å². The second-order valence-corrected chi connectivity index (χ2v) is 1.63. The largest absolute Gasteiger partial charge is 0.269 e. The molecule has 0 bridgehead atoms. The normalized spacial score (nSPS) is 8.11. The van der Waals surface area contributed by atoms with Crippen molar-refractivity contribution in [1.29, 1.82) is 0 Å². The lowest BCUT2D eigenvalue weighted by Crippen LogP contribution is -2.29. The van der Waals surface area contributed by atoms with Crippen molar-refractivity contribution in [1.82, 2.24) is 5.01 Å². The van der Waals surface area contributed by atoms with Crippen LogP contribution in [-0.2, 0) is 0 Å². The number of nitrogens with zero attached hydrogens (tertiary/aromatic N) is 1. The molecule has 0 rings (SSSR count). The van der Waals surface area contributed by atoms with Gasteiger partial charge in [-0.3, -0.25) is 5.84 Å². The first-order valence-corrected chi connectivity index (χ1v) is 3.29. The summed E-state index contributed by atoms with van der Waals surface area (Å²) in [7, 11) is 0. The summed E-state index contributed by atoms with van der Waals surface area (Å²) < 4.78 is 0. The van der Waals surface area contributed by atoms with Crippen LogP contribution < -0.4 is 5.84 Å². The number of allylic oxidation sites excluding steroid dienone is 1. The third-order valence-electron chi connectivity index (χ3n) is 0.812. The van der Waals surface area contributed by atoms with E-state index >= 15 is 0 Å². The third kappa shape index (κ3) is 18.3. The van der Waals surface area contributed by atoms with E-state index in [1.165, 1.54) is 0 Å². The van der Waals surface area contributed by atoms with E-state index in [4.69, 9.17) is 5.84 Å². The fourth-order valence-electron chi connectivity index (χ4n) is 0.224. The average Bonchev–Trinajstić information content (AvgIpc) is 1.88. The second kappa shape index (κ2) is 10.6. The highest BCUT2D eigenvalue weighted by Crippen LogP contribution is 1.68. The molecule has 0 aromatic rings. The zero-order chi connectivity index (χ0) is 7.70. The van der Waals surface area contributed by atoms with E-state index in [9.17, 15) is 0 Å². The molecule has 9 heavy (non-hydrogen) atoms. The topological polar surface area (TPSA) is 29.3 Å². The van der Waals surface area contributed by atoms with Gasteiger partial charge in [0.2, 0.25) is 0 Å². The van der Waals surface area contributed by atoms with Gasteiger partial charge in [0.15, 0.2) is 0 Å². The molecule has 0 aromatic carbocycles. The van der Waals surface area contributed by atoms with Crippen molar-refractivity contribution in [3.05, 3.63) is 12.7 Å². The van der Waals surface area contributed by atoms with Crippen molar-refractivity contribution in [3.8, 4) is 0 Å². The maximum atomic E-state index is 5.31. The maximum Gasteiger partial charge on any atom is 0.00996 e. The van der Waals surface area contributed by atoms with Gasteiger partial charge in [0.1, 0.15) is 0 Å². The van der Waals surface area contributed by atoms with Crippen LogP contribution in [0.4, 0.5) is 0 Å². The van der Waals surface area contributed by atoms with Gasteiger partial charge < -0.3 is 0 Å². The van der Waals surface area contributed by atoms with E-state index in [0.717, 1.165) is 13.1 Å². The fraction of sp³-hybridized carbons (Fsp3) is 0.714. The number of hydrogen-bond donors (Lipinski definition) is 1. The maximum absolute atomic E-state index is 5.31. The van der Waals surface area contributed by atoms with Crippen molar-refractivity contribution >= 4 is 0 Å². The zero-order valence-electron chi connectivity index (χ0n) is 6.72. The number of hydrazine groups is 1. The highest BCUT2D eigenvalue weighted by atomic mass is 15.4. The highest BCUT2D eigenvalue weighted by molar-refractivity contribution is 4.51. The van der Waals surface area contributed by atoms with E-state index in [2.05, 4.69) is 6.58 Å². The lowest BCUT2D eigenvalue weighted by atomic mass is 10.6. The Kier molecular flexibility index (Phi) is 13.5. The summed E-state index contributed by atoms with van der Waals surface area (Å²) in [4.78, 5) is 0. The summed E-state index contributed by atoms with van der Waals surface area (Å²) in [5.41, 5.74) is 0. The Hall–Kier alpha value is -0.340. The van der Waals surface area contributed by atoms with Crippen LogP contribution in [-0.4, -0.2) is 18.1 Å². The minimum Gasteiger partial charge on any atom is -0.269 e. The van der Waals surface area contributed by atoms with Crippen molar-refractivity contribution in [2.75, 3.05) is 13.1 Å². The van der Waals surface area contributed by atoms with Gasteiger partial charge in [-0.25, -0.2) is 5.01 Å². The Morgan fingerprint density at radius 1 is 1.44 bits per heavy atom. The lowest BCUT2D eigenvalue weighted by molar-refractivity contribution is 0.316. The smallest absolute Gasteiger partial charge is 0.00996 e. The fourth-order valence-corrected chi connectivity index (χ4v) is 0.224. The molecule has 2 heteroatoms. The Labute approximate surface area is 58.3 Å². The highest BCUT2D eigenvalue weighted by Gasteiger charge is 1.82. The minimum atomic E-state index is 0.941. The van der Waals surface area contributed by atoms with Crippen LogP contribution in [0.2, 0.25) is 0 Å². The van der Waals surface area contributed by atoms with Crippen molar-refractivity contribution in [3.63, 3.8) is 0 Å². The molecule has 0 aliphatic carbocycles. The Morgan fingerprint density at radius 2 is 1.67 bits per heavy atom. The Bertz CT molecular complexity index is 48.9. The molecular weight excluding hydrogens is 112 g/mol. The molecule has 2 N–H and O–H groups in total. The summed E-state index contributed by atoms with van der Waals surface area (Å²) >= 11 is 0. The molecular formula is C7H18N2. The first-order chi connectivity index (χ1) is 4.22. The van der Waals surface area contributed by atoms with Gasteiger partial charge in [-0.2, -0.15) is 0 Å².